The van der Waals surface area contributed by atoms with Crippen molar-refractivity contribution in [1.29, 1.82) is 0 Å². The molecule has 0 heterocycles. The second kappa shape index (κ2) is 14.3. The minimum atomic E-state index is 0.803. The second-order valence-corrected chi connectivity index (χ2v) is 8.53. The Kier molecular flexibility index (Phi) is 10.7. The molecule has 0 N–H and O–H groups in total. The zero-order valence-electron chi connectivity index (χ0n) is 19.7. The molecule has 32 heavy (non-hydrogen) atoms. The highest BCUT2D eigenvalue weighted by Crippen LogP contribution is 2.34. The van der Waals surface area contributed by atoms with Gasteiger partial charge in [-0.1, -0.05) is 101 Å². The third-order valence-electron chi connectivity index (χ3n) is 5.89. The van der Waals surface area contributed by atoms with Gasteiger partial charge >= 0.3 is 0 Å². The van der Waals surface area contributed by atoms with E-state index in [4.69, 9.17) is 4.74 Å². The summed E-state index contributed by atoms with van der Waals surface area (Å²) in [5.41, 5.74) is 3.43. The summed E-state index contributed by atoms with van der Waals surface area (Å²) in [7, 11) is 0. The van der Waals surface area contributed by atoms with E-state index in [2.05, 4.69) is 96.8 Å². The van der Waals surface area contributed by atoms with Crippen LogP contribution in [-0.2, 0) is 0 Å². The van der Waals surface area contributed by atoms with E-state index in [1.54, 1.807) is 0 Å². The molecule has 170 valence electrons. The first kappa shape index (κ1) is 23.9. The molecule has 0 fully saturated rings. The van der Waals surface area contributed by atoms with Crippen LogP contribution < -0.4 is 9.64 Å². The SMILES string of the molecule is CCCCCCCCCCCCOc1ccc(N(c2ccccc2)c2ccccc2)cc1. The zero-order valence-corrected chi connectivity index (χ0v) is 19.7. The maximum absolute atomic E-state index is 6.01. The monoisotopic (exact) mass is 429 g/mol. The van der Waals surface area contributed by atoms with Gasteiger partial charge in [-0.15, -0.1) is 0 Å². The molecule has 0 aliphatic heterocycles. The number of unbranched alkanes of at least 4 members (excludes halogenated alkanes) is 9. The fourth-order valence-electron chi connectivity index (χ4n) is 4.07. The number of hydrogen-bond donors (Lipinski definition) is 0. The van der Waals surface area contributed by atoms with Crippen LogP contribution in [0.4, 0.5) is 17.1 Å². The fourth-order valence-corrected chi connectivity index (χ4v) is 4.07. The minimum Gasteiger partial charge on any atom is -0.494 e. The molecule has 0 aliphatic rings. The molecule has 3 rings (SSSR count). The van der Waals surface area contributed by atoms with Crippen LogP contribution in [-0.4, -0.2) is 6.61 Å². The summed E-state index contributed by atoms with van der Waals surface area (Å²) in [5.74, 6) is 0.950. The predicted octanol–water partition coefficient (Wildman–Crippen LogP) is 9.46. The van der Waals surface area contributed by atoms with Gasteiger partial charge in [0.25, 0.3) is 0 Å². The molecule has 0 amide bonds. The van der Waals surface area contributed by atoms with Crippen LogP contribution in [0.1, 0.15) is 71.1 Å². The largest absolute Gasteiger partial charge is 0.494 e. The fraction of sp³-hybridized carbons (Fsp3) is 0.400. The van der Waals surface area contributed by atoms with Crippen molar-refractivity contribution in [3.8, 4) is 5.75 Å². The third kappa shape index (κ3) is 8.07. The van der Waals surface area contributed by atoms with Gasteiger partial charge in [0.1, 0.15) is 5.75 Å². The normalized spacial score (nSPS) is 10.8. The summed E-state index contributed by atoms with van der Waals surface area (Å²) in [6.07, 6.45) is 13.5. The topological polar surface area (TPSA) is 12.5 Å². The number of nitrogens with zero attached hydrogens (tertiary/aromatic N) is 1. The molecular formula is C30H39NO. The lowest BCUT2D eigenvalue weighted by molar-refractivity contribution is 0.304. The van der Waals surface area contributed by atoms with Gasteiger partial charge < -0.3 is 9.64 Å². The van der Waals surface area contributed by atoms with Gasteiger partial charge in [-0.25, -0.2) is 0 Å². The highest BCUT2D eigenvalue weighted by atomic mass is 16.5. The molecule has 0 saturated heterocycles. The Labute approximate surface area is 195 Å². The first-order valence-electron chi connectivity index (χ1n) is 12.5. The summed E-state index contributed by atoms with van der Waals surface area (Å²) in [4.78, 5) is 2.27. The van der Waals surface area contributed by atoms with Crippen LogP contribution in [0.3, 0.4) is 0 Å². The van der Waals surface area contributed by atoms with E-state index in [9.17, 15) is 0 Å². The molecule has 3 aromatic carbocycles. The maximum atomic E-state index is 6.01. The number of ether oxygens (including phenoxy) is 1. The van der Waals surface area contributed by atoms with Crippen molar-refractivity contribution in [2.75, 3.05) is 11.5 Å². The quantitative estimate of drug-likeness (QED) is 0.223. The predicted molar refractivity (Wildman–Crippen MR) is 138 cm³/mol. The summed E-state index contributed by atoms with van der Waals surface area (Å²) < 4.78 is 6.01. The Hall–Kier alpha value is -2.74. The van der Waals surface area contributed by atoms with Crippen LogP contribution in [0.15, 0.2) is 84.9 Å². The van der Waals surface area contributed by atoms with E-state index in [0.717, 1.165) is 35.8 Å². The maximum Gasteiger partial charge on any atom is 0.119 e. The van der Waals surface area contributed by atoms with E-state index in [1.807, 2.05) is 0 Å². The van der Waals surface area contributed by atoms with E-state index < -0.39 is 0 Å². The molecular weight excluding hydrogens is 390 g/mol. The van der Waals surface area contributed by atoms with Crippen molar-refractivity contribution in [2.45, 2.75) is 71.1 Å². The number of para-hydroxylation sites is 2. The Morgan fingerprint density at radius 2 is 0.938 bits per heavy atom. The van der Waals surface area contributed by atoms with Crippen molar-refractivity contribution in [2.24, 2.45) is 0 Å². The third-order valence-corrected chi connectivity index (χ3v) is 5.89. The number of benzene rings is 3. The van der Waals surface area contributed by atoms with Gasteiger partial charge in [-0.2, -0.15) is 0 Å². The number of anilines is 3. The van der Waals surface area contributed by atoms with Crippen molar-refractivity contribution < 1.29 is 4.74 Å². The van der Waals surface area contributed by atoms with E-state index in [-0.39, 0.29) is 0 Å². The van der Waals surface area contributed by atoms with Crippen LogP contribution in [0.5, 0.6) is 5.75 Å². The molecule has 0 aliphatic carbocycles. The number of rotatable bonds is 15. The molecule has 3 aromatic rings. The van der Waals surface area contributed by atoms with Gasteiger partial charge in [0.05, 0.1) is 6.61 Å². The summed E-state index contributed by atoms with van der Waals surface area (Å²) in [6.45, 7) is 3.08. The second-order valence-electron chi connectivity index (χ2n) is 8.53. The first-order valence-corrected chi connectivity index (χ1v) is 12.5. The smallest absolute Gasteiger partial charge is 0.119 e. The molecule has 0 spiro atoms. The Morgan fingerprint density at radius 1 is 0.500 bits per heavy atom. The van der Waals surface area contributed by atoms with Gasteiger partial charge in [-0.3, -0.25) is 0 Å². The molecule has 2 nitrogen and oxygen atoms in total. The Bertz CT molecular complexity index is 806. The highest BCUT2D eigenvalue weighted by Gasteiger charge is 2.11. The Morgan fingerprint density at radius 3 is 1.44 bits per heavy atom. The zero-order chi connectivity index (χ0) is 22.3. The van der Waals surface area contributed by atoms with E-state index in [1.165, 1.54) is 57.8 Å². The average Bonchev–Trinajstić information content (AvgIpc) is 2.85. The van der Waals surface area contributed by atoms with Gasteiger partial charge in [0.2, 0.25) is 0 Å². The average molecular weight is 430 g/mol. The lowest BCUT2D eigenvalue weighted by Crippen LogP contribution is -2.09. The van der Waals surface area contributed by atoms with Gasteiger partial charge in [0, 0.05) is 17.1 Å². The molecule has 0 bridgehead atoms. The van der Waals surface area contributed by atoms with Crippen LogP contribution >= 0.6 is 0 Å². The van der Waals surface area contributed by atoms with Crippen molar-refractivity contribution in [3.63, 3.8) is 0 Å². The first-order chi connectivity index (χ1) is 15.9. The number of hydrogen-bond acceptors (Lipinski definition) is 2. The van der Waals surface area contributed by atoms with Crippen LogP contribution in [0, 0.1) is 0 Å². The standard InChI is InChI=1S/C30H39NO/c1-2-3-4-5-6-7-8-9-10-17-26-32-30-24-22-29(23-25-30)31(27-18-13-11-14-19-27)28-20-15-12-16-21-28/h11-16,18-25H,2-10,17,26H2,1H3. The highest BCUT2D eigenvalue weighted by molar-refractivity contribution is 5.76. The van der Waals surface area contributed by atoms with Crippen molar-refractivity contribution in [1.82, 2.24) is 0 Å². The molecule has 0 atom stereocenters. The minimum absolute atomic E-state index is 0.803. The van der Waals surface area contributed by atoms with E-state index in [0.29, 0.717) is 0 Å². The summed E-state index contributed by atoms with van der Waals surface area (Å²) >= 11 is 0. The molecule has 0 radical (unpaired) electrons. The summed E-state index contributed by atoms with van der Waals surface area (Å²) in [5, 5.41) is 0. The molecule has 0 saturated carbocycles. The van der Waals surface area contributed by atoms with E-state index >= 15 is 0 Å². The lowest BCUT2D eigenvalue weighted by atomic mass is 10.1. The van der Waals surface area contributed by atoms with Gasteiger partial charge in [-0.05, 0) is 55.0 Å². The van der Waals surface area contributed by atoms with Crippen molar-refractivity contribution >= 4 is 17.1 Å². The molecule has 2 heteroatoms. The molecule has 0 unspecified atom stereocenters. The summed E-state index contributed by atoms with van der Waals surface area (Å²) in [6, 6.07) is 29.5. The van der Waals surface area contributed by atoms with Crippen molar-refractivity contribution in [3.05, 3.63) is 84.9 Å². The van der Waals surface area contributed by atoms with Crippen LogP contribution in [0.25, 0.3) is 0 Å². The van der Waals surface area contributed by atoms with Gasteiger partial charge in [0.15, 0.2) is 0 Å². The lowest BCUT2D eigenvalue weighted by Gasteiger charge is -2.25. The van der Waals surface area contributed by atoms with Crippen LogP contribution in [0.2, 0.25) is 0 Å². The Balaban J connectivity index is 1.43. The molecule has 0 aromatic heterocycles.